The third-order valence-electron chi connectivity index (χ3n) is 2.59. The fourth-order valence-corrected chi connectivity index (χ4v) is 1.55. The summed E-state index contributed by atoms with van der Waals surface area (Å²) in [6.07, 6.45) is 4.47. The van der Waals surface area contributed by atoms with Crippen LogP contribution in [0.4, 0.5) is 0 Å². The van der Waals surface area contributed by atoms with Crippen molar-refractivity contribution >= 4 is 12.1 Å². The smallest absolute Gasteiger partial charge is 0.870 e. The Morgan fingerprint density at radius 1 is 1.32 bits per heavy atom. The molecule has 1 radical (unpaired) electrons. The Morgan fingerprint density at radius 3 is 2.64 bits per heavy atom. The number of benzene rings is 1. The predicted octanol–water partition coefficient (Wildman–Crippen LogP) is 1.11. The van der Waals surface area contributed by atoms with E-state index in [1.807, 2.05) is 0 Å². The van der Waals surface area contributed by atoms with E-state index < -0.39 is 0 Å². The maximum atomic E-state index is 11.7. The topological polar surface area (TPSA) is 116 Å². The number of para-hydroxylation sites is 1. The Hall–Kier alpha value is -2.41. The fourth-order valence-electron chi connectivity index (χ4n) is 1.55. The van der Waals surface area contributed by atoms with Crippen LogP contribution in [0.5, 0.6) is 11.5 Å². The van der Waals surface area contributed by atoms with Crippen LogP contribution in [0.1, 0.15) is 15.9 Å². The standard InChI is InChI=1S/C14H13N3O3.Mn.H2O/c1-20-12-4-2-3-11(13(12)18)9-16-17-14(19)10-5-7-15-8-6-10;;/h2-9,18H,1H3,(H,17,19);;1H2/q;+2;. The molecule has 0 aliphatic carbocycles. The van der Waals surface area contributed by atoms with Crippen LogP contribution in [0.25, 0.3) is 0 Å². The van der Waals surface area contributed by atoms with E-state index in [4.69, 9.17) is 9.84 Å². The molecule has 4 N–H and O–H groups in total. The van der Waals surface area contributed by atoms with E-state index in [0.717, 1.165) is 0 Å². The van der Waals surface area contributed by atoms with Gasteiger partial charge < -0.3 is 15.3 Å². The number of hydrogen-bond acceptors (Lipinski definition) is 5. The van der Waals surface area contributed by atoms with Crippen LogP contribution in [0, 0.1) is 0 Å². The van der Waals surface area contributed by atoms with Crippen molar-refractivity contribution in [2.45, 2.75) is 0 Å². The molecule has 1 amide bonds. The number of aromatic nitrogens is 1. The van der Waals surface area contributed by atoms with E-state index in [0.29, 0.717) is 16.9 Å². The van der Waals surface area contributed by atoms with Crippen molar-refractivity contribution in [3.05, 3.63) is 53.9 Å². The molecule has 0 spiro atoms. The van der Waals surface area contributed by atoms with E-state index >= 15 is 0 Å². The number of ether oxygens (including phenoxy) is 1. The van der Waals surface area contributed by atoms with E-state index in [1.54, 1.807) is 30.3 Å². The van der Waals surface area contributed by atoms with E-state index in [-0.39, 0.29) is 34.2 Å². The van der Waals surface area contributed by atoms with Crippen LogP contribution in [-0.2, 0) is 17.1 Å². The molecule has 0 fully saturated rings. The molecule has 115 valence electrons. The first-order valence-electron chi connectivity index (χ1n) is 5.84. The Morgan fingerprint density at radius 2 is 2.00 bits per heavy atom. The third kappa shape index (κ3) is 4.85. The van der Waals surface area contributed by atoms with Gasteiger partial charge in [0.15, 0.2) is 0 Å². The number of rotatable bonds is 4. The van der Waals surface area contributed by atoms with E-state index in [1.165, 1.54) is 25.7 Å². The summed E-state index contributed by atoms with van der Waals surface area (Å²) in [5.74, 6) is 0.337. The van der Waals surface area contributed by atoms with Crippen molar-refractivity contribution in [2.75, 3.05) is 7.11 Å². The number of nitrogens with zero attached hydrogens (tertiary/aromatic N) is 2. The van der Waals surface area contributed by atoms with Crippen molar-refractivity contribution < 1.29 is 37.2 Å². The first-order chi connectivity index (χ1) is 9.72. The first-order valence-corrected chi connectivity index (χ1v) is 5.84. The second kappa shape index (κ2) is 9.51. The predicted molar refractivity (Wildman–Crippen MR) is 77.3 cm³/mol. The van der Waals surface area contributed by atoms with Gasteiger partial charge in [-0.1, -0.05) is 6.07 Å². The summed E-state index contributed by atoms with van der Waals surface area (Å²) in [6, 6.07) is 8.34. The molecule has 0 aliphatic heterocycles. The summed E-state index contributed by atoms with van der Waals surface area (Å²) in [7, 11) is 1.50. The average Bonchev–Trinajstić information content (AvgIpc) is 2.49. The van der Waals surface area contributed by atoms with E-state index in [2.05, 4.69) is 15.5 Å². The second-order valence-electron chi connectivity index (χ2n) is 3.86. The minimum atomic E-state index is -0.335. The van der Waals surface area contributed by atoms with Crippen molar-refractivity contribution in [3.8, 4) is 11.5 Å². The first kappa shape index (κ1) is 19.6. The normalized spacial score (nSPS) is 9.50. The van der Waals surface area contributed by atoms with Crippen molar-refractivity contribution in [2.24, 2.45) is 5.10 Å². The Balaban J connectivity index is 0.00000220. The molecule has 0 saturated heterocycles. The van der Waals surface area contributed by atoms with Gasteiger partial charge in [-0.25, -0.2) is 5.43 Å². The number of carbonyl (C=O) groups is 1. The number of carbonyl (C=O) groups excluding carboxylic acids is 1. The van der Waals surface area contributed by atoms with Crippen LogP contribution in [-0.4, -0.2) is 34.8 Å². The summed E-state index contributed by atoms with van der Waals surface area (Å²) in [4.78, 5) is 15.5. The van der Waals surface area contributed by atoms with Crippen LogP contribution in [0.3, 0.4) is 0 Å². The minimum Gasteiger partial charge on any atom is -0.870 e. The molecule has 0 aliphatic rings. The monoisotopic (exact) mass is 344 g/mol. The van der Waals surface area contributed by atoms with Gasteiger partial charge in [-0.3, -0.25) is 9.78 Å². The number of amides is 1. The van der Waals surface area contributed by atoms with Crippen LogP contribution in [0.2, 0.25) is 0 Å². The molecule has 0 atom stereocenters. The molecule has 0 saturated carbocycles. The summed E-state index contributed by atoms with van der Waals surface area (Å²) < 4.78 is 5.04. The van der Waals surface area contributed by atoms with Crippen LogP contribution in [0.15, 0.2) is 47.8 Å². The number of pyridine rings is 1. The summed E-state index contributed by atoms with van der Waals surface area (Å²) in [6.45, 7) is 0. The van der Waals surface area contributed by atoms with Crippen molar-refractivity contribution in [1.82, 2.24) is 10.4 Å². The summed E-state index contributed by atoms with van der Waals surface area (Å²) in [5.41, 5.74) is 3.41. The van der Waals surface area contributed by atoms with Crippen LogP contribution < -0.4 is 10.2 Å². The largest absolute Gasteiger partial charge is 2.00 e. The summed E-state index contributed by atoms with van der Waals surface area (Å²) in [5, 5.41) is 11.7. The molecule has 1 aromatic carbocycles. The fraction of sp³-hybridized carbons (Fsp3) is 0.0714. The quantitative estimate of drug-likeness (QED) is 0.387. The maximum Gasteiger partial charge on any atom is 2.00 e. The molecule has 22 heavy (non-hydrogen) atoms. The molecule has 7 nitrogen and oxygen atoms in total. The minimum absolute atomic E-state index is 0. The molecule has 1 aromatic heterocycles. The molecule has 2 aromatic rings. The van der Waals surface area contributed by atoms with Crippen LogP contribution >= 0.6 is 0 Å². The van der Waals surface area contributed by atoms with Gasteiger partial charge in [-0.15, -0.1) is 0 Å². The molecule has 0 bridgehead atoms. The molecule has 8 heteroatoms. The van der Waals surface area contributed by atoms with Gasteiger partial charge >= 0.3 is 22.8 Å². The number of hydrazone groups is 1. The number of hydrogen-bond donors (Lipinski definition) is 1. The van der Waals surface area contributed by atoms with Gasteiger partial charge in [0.2, 0.25) is 5.75 Å². The van der Waals surface area contributed by atoms with Gasteiger partial charge in [0.05, 0.1) is 18.9 Å². The summed E-state index contributed by atoms with van der Waals surface area (Å²) >= 11 is 0. The molecule has 2 rings (SSSR count). The van der Waals surface area contributed by atoms with Gasteiger partial charge in [-0.05, 0) is 24.3 Å². The van der Waals surface area contributed by atoms with Gasteiger partial charge in [-0.2, -0.15) is 5.10 Å². The molecular formula is C14H15MnN3O4+2. The third-order valence-corrected chi connectivity index (χ3v) is 2.59. The number of nitrogens with one attached hydrogen (secondary N) is 1. The molecule has 0 unspecified atom stereocenters. The average molecular weight is 344 g/mol. The van der Waals surface area contributed by atoms with Gasteiger partial charge in [0, 0.05) is 18.0 Å². The Bertz CT molecular complexity index is 635. The van der Waals surface area contributed by atoms with E-state index in [9.17, 15) is 4.79 Å². The van der Waals surface area contributed by atoms with Gasteiger partial charge in [0.1, 0.15) is 0 Å². The van der Waals surface area contributed by atoms with Crippen molar-refractivity contribution in [3.63, 3.8) is 0 Å². The SMILES string of the molecule is COc1cccc(C=NNC(=O)c2ccncc2)c1[OH2+].[Mn+2].[OH-]. The molecular weight excluding hydrogens is 329 g/mol. The van der Waals surface area contributed by atoms with Crippen molar-refractivity contribution in [1.29, 1.82) is 0 Å². The zero-order valence-corrected chi connectivity index (χ0v) is 12.8. The second-order valence-corrected chi connectivity index (χ2v) is 3.86. The van der Waals surface area contributed by atoms with Gasteiger partial charge in [0.25, 0.3) is 5.91 Å². The maximum absolute atomic E-state index is 11.7. The number of methoxy groups -OCH3 is 1. The zero-order chi connectivity index (χ0) is 14.4. The molecule has 1 heterocycles. The Labute approximate surface area is 137 Å². The Kier molecular flexibility index (Phi) is 8.47. The zero-order valence-electron chi connectivity index (χ0n) is 11.7.